The summed E-state index contributed by atoms with van der Waals surface area (Å²) in [6.07, 6.45) is 13.7. The van der Waals surface area contributed by atoms with Gasteiger partial charge < -0.3 is 15.5 Å². The summed E-state index contributed by atoms with van der Waals surface area (Å²) >= 11 is 0. The molecular weight excluding hydrogens is 454 g/mol. The van der Waals surface area contributed by atoms with Crippen LogP contribution in [0.5, 0.6) is 0 Å². The molecule has 0 aromatic rings. The average molecular weight is 506 g/mol. The number of hydrogen-bond donors (Lipinski definition) is 2. The molecule has 5 atom stereocenters. The lowest BCUT2D eigenvalue weighted by molar-refractivity contribution is -0.117. The van der Waals surface area contributed by atoms with E-state index in [1.54, 1.807) is 0 Å². The summed E-state index contributed by atoms with van der Waals surface area (Å²) in [5, 5.41) is 7.56. The number of carbonyl (C=O) groups is 1. The Labute approximate surface area is 226 Å². The summed E-state index contributed by atoms with van der Waals surface area (Å²) in [6, 6.07) is 0.206. The van der Waals surface area contributed by atoms with Crippen molar-refractivity contribution >= 4 is 5.78 Å². The minimum absolute atomic E-state index is 0.140. The molecule has 0 spiro atoms. The molecule has 0 radical (unpaired) electrons. The van der Waals surface area contributed by atoms with Crippen LogP contribution in [0.15, 0.2) is 49.0 Å². The highest BCUT2D eigenvalue weighted by atomic mass is 16.1. The average Bonchev–Trinajstić information content (AvgIpc) is 3.82. The van der Waals surface area contributed by atoms with Crippen LogP contribution in [0.25, 0.3) is 0 Å². The highest BCUT2D eigenvalue weighted by molar-refractivity contribution is 5.98. The van der Waals surface area contributed by atoms with Gasteiger partial charge in [0.05, 0.1) is 18.1 Å². The second-order valence-electron chi connectivity index (χ2n) is 13.9. The quantitative estimate of drug-likeness (QED) is 0.257. The van der Waals surface area contributed by atoms with Crippen LogP contribution in [0.2, 0.25) is 0 Å². The van der Waals surface area contributed by atoms with Crippen molar-refractivity contribution in [2.45, 2.75) is 110 Å². The summed E-state index contributed by atoms with van der Waals surface area (Å²) in [6.45, 7) is 25.4. The molecular formula is C33H51N3O. The minimum atomic E-state index is -0.209. The van der Waals surface area contributed by atoms with E-state index >= 15 is 0 Å². The van der Waals surface area contributed by atoms with Crippen LogP contribution in [0, 0.1) is 35.0 Å². The second kappa shape index (κ2) is 10.3. The minimum Gasteiger partial charge on any atom is -0.380 e. The number of fused-ring (bicyclic) bond motifs is 1. The van der Waals surface area contributed by atoms with E-state index in [1.807, 2.05) is 6.92 Å². The van der Waals surface area contributed by atoms with Crippen LogP contribution in [0.4, 0.5) is 0 Å². The molecule has 4 aliphatic carbocycles. The van der Waals surface area contributed by atoms with E-state index in [1.165, 1.54) is 69.2 Å². The van der Waals surface area contributed by atoms with E-state index < -0.39 is 0 Å². The zero-order valence-electron chi connectivity index (χ0n) is 23.8. The first-order chi connectivity index (χ1) is 17.6. The van der Waals surface area contributed by atoms with Crippen molar-refractivity contribution in [2.24, 2.45) is 35.0 Å². The van der Waals surface area contributed by atoms with Crippen molar-refractivity contribution in [3.63, 3.8) is 0 Å². The Bertz CT molecular complexity index is 949. The third kappa shape index (κ3) is 5.73. The van der Waals surface area contributed by atoms with Gasteiger partial charge in [-0.2, -0.15) is 0 Å². The van der Waals surface area contributed by atoms with Gasteiger partial charge >= 0.3 is 0 Å². The molecule has 0 aromatic carbocycles. The fourth-order valence-electron chi connectivity index (χ4n) is 7.58. The molecule has 5 aliphatic rings. The molecule has 4 heteroatoms. The van der Waals surface area contributed by atoms with Crippen LogP contribution in [0.3, 0.4) is 0 Å². The zero-order chi connectivity index (χ0) is 26.5. The second-order valence-corrected chi connectivity index (χ2v) is 13.9. The predicted octanol–water partition coefficient (Wildman–Crippen LogP) is 6.73. The van der Waals surface area contributed by atoms with Crippen molar-refractivity contribution < 1.29 is 4.79 Å². The Balaban J connectivity index is 1.34. The van der Waals surface area contributed by atoms with Gasteiger partial charge in [0.1, 0.15) is 0 Å². The number of Topliss-reactive ketones (excluding diaryl/α,β-unsaturated/α-hetero) is 1. The number of allylic oxidation sites excluding steroid dienone is 1. The van der Waals surface area contributed by atoms with Crippen molar-refractivity contribution in [3.05, 3.63) is 49.0 Å². The van der Waals surface area contributed by atoms with Gasteiger partial charge in [0.2, 0.25) is 0 Å². The largest absolute Gasteiger partial charge is 0.380 e. The zero-order valence-corrected chi connectivity index (χ0v) is 23.8. The Kier molecular flexibility index (Phi) is 7.41. The maximum Gasteiger partial charge on any atom is 0.180 e. The van der Waals surface area contributed by atoms with Gasteiger partial charge in [-0.25, -0.2) is 0 Å². The summed E-state index contributed by atoms with van der Waals surface area (Å²) in [5.74, 6) is 3.43. The lowest BCUT2D eigenvalue weighted by Gasteiger charge is -2.42. The molecule has 204 valence electrons. The molecule has 5 fully saturated rings. The van der Waals surface area contributed by atoms with Gasteiger partial charge in [0.15, 0.2) is 5.78 Å². The molecule has 0 bridgehead atoms. The number of carbonyl (C=O) groups excluding carboxylic acids is 1. The maximum absolute atomic E-state index is 13.1. The molecule has 2 N–H and O–H groups in total. The highest BCUT2D eigenvalue weighted by Crippen LogP contribution is 2.66. The number of ketones is 1. The summed E-state index contributed by atoms with van der Waals surface area (Å²) in [7, 11) is 0. The number of nitrogens with zero attached hydrogens (tertiary/aromatic N) is 1. The number of hydrogen-bond acceptors (Lipinski definition) is 4. The number of rotatable bonds is 14. The summed E-state index contributed by atoms with van der Waals surface area (Å²) in [5.41, 5.74) is 4.34. The van der Waals surface area contributed by atoms with E-state index in [0.717, 1.165) is 31.0 Å². The molecule has 4 saturated carbocycles. The molecule has 1 saturated heterocycles. The van der Waals surface area contributed by atoms with Gasteiger partial charge in [-0.3, -0.25) is 4.79 Å². The maximum atomic E-state index is 13.1. The van der Waals surface area contributed by atoms with Crippen molar-refractivity contribution in [1.29, 1.82) is 0 Å². The van der Waals surface area contributed by atoms with E-state index in [9.17, 15) is 4.79 Å². The molecule has 37 heavy (non-hydrogen) atoms. The van der Waals surface area contributed by atoms with Crippen molar-refractivity contribution in [1.82, 2.24) is 15.5 Å². The monoisotopic (exact) mass is 505 g/mol. The normalized spacial score (nSPS) is 30.1. The predicted molar refractivity (Wildman–Crippen MR) is 154 cm³/mol. The SMILES string of the molecule is C=C(CC1CC1)NC(C(=C)N1CC2C(C1C(=C)NC(CC1CC1)C(=O)C(=C)C)C2(C)C)C1CCCCC1. The number of likely N-dealkylation sites (tertiary alicyclic amines) is 1. The topological polar surface area (TPSA) is 44.4 Å². The Morgan fingerprint density at radius 3 is 2.19 bits per heavy atom. The van der Waals surface area contributed by atoms with Crippen LogP contribution in [-0.2, 0) is 4.79 Å². The molecule has 5 unspecified atom stereocenters. The third-order valence-electron chi connectivity index (χ3n) is 10.4. The van der Waals surface area contributed by atoms with E-state index in [0.29, 0.717) is 34.7 Å². The molecule has 1 aliphatic heterocycles. The number of piperidine rings is 1. The van der Waals surface area contributed by atoms with Gasteiger partial charge in [-0.1, -0.05) is 72.3 Å². The molecule has 5 rings (SSSR count). The van der Waals surface area contributed by atoms with E-state index in [-0.39, 0.29) is 23.9 Å². The van der Waals surface area contributed by atoms with E-state index in [4.69, 9.17) is 6.58 Å². The fourth-order valence-corrected chi connectivity index (χ4v) is 7.58. The number of nitrogens with one attached hydrogen (secondary N) is 2. The molecule has 0 aromatic heterocycles. The Hall–Kier alpha value is -1.97. The van der Waals surface area contributed by atoms with Gasteiger partial charge in [0.25, 0.3) is 0 Å². The first-order valence-electron chi connectivity index (χ1n) is 15.1. The van der Waals surface area contributed by atoms with Gasteiger partial charge in [0, 0.05) is 23.6 Å². The van der Waals surface area contributed by atoms with Crippen LogP contribution in [-0.4, -0.2) is 35.4 Å². The van der Waals surface area contributed by atoms with Crippen LogP contribution < -0.4 is 10.6 Å². The summed E-state index contributed by atoms with van der Waals surface area (Å²) < 4.78 is 0. The smallest absolute Gasteiger partial charge is 0.180 e. The molecule has 1 heterocycles. The van der Waals surface area contributed by atoms with Crippen molar-refractivity contribution in [2.75, 3.05) is 6.54 Å². The Morgan fingerprint density at radius 2 is 1.59 bits per heavy atom. The highest BCUT2D eigenvalue weighted by Gasteiger charge is 2.67. The first kappa shape index (κ1) is 26.6. The molecule has 4 nitrogen and oxygen atoms in total. The van der Waals surface area contributed by atoms with Crippen molar-refractivity contribution in [3.8, 4) is 0 Å². The molecule has 0 amide bonds. The fraction of sp³-hybridized carbons (Fsp3) is 0.727. The standard InChI is InChI=1S/C33H51N3O/c1-20(2)32(37)28(18-25-15-16-25)35-22(4)31-29-27(33(29,6)7)19-36(31)23(5)30(26-11-9-8-10-12-26)34-21(3)17-24-13-14-24/h24-31,34-35H,1,3-5,8-19H2,2,6-7H3. The van der Waals surface area contributed by atoms with Crippen LogP contribution in [0.1, 0.15) is 91.4 Å². The van der Waals surface area contributed by atoms with Gasteiger partial charge in [-0.15, -0.1) is 0 Å². The third-order valence-corrected chi connectivity index (χ3v) is 10.4. The Morgan fingerprint density at radius 1 is 0.946 bits per heavy atom. The lowest BCUT2D eigenvalue weighted by Crippen LogP contribution is -2.50. The summed E-state index contributed by atoms with van der Waals surface area (Å²) in [4.78, 5) is 15.6. The lowest BCUT2D eigenvalue weighted by atomic mass is 9.82. The van der Waals surface area contributed by atoms with E-state index in [2.05, 4.69) is 49.1 Å². The van der Waals surface area contributed by atoms with Crippen LogP contribution >= 0.6 is 0 Å². The first-order valence-corrected chi connectivity index (χ1v) is 15.1. The van der Waals surface area contributed by atoms with Gasteiger partial charge in [-0.05, 0) is 86.0 Å².